The van der Waals surface area contributed by atoms with E-state index >= 15 is 0 Å². The van der Waals surface area contributed by atoms with Crippen LogP contribution in [-0.4, -0.2) is 19.5 Å². The maximum Gasteiger partial charge on any atom is 0.164 e. The van der Waals surface area contributed by atoms with Crippen LogP contribution in [0.2, 0.25) is 0 Å². The van der Waals surface area contributed by atoms with E-state index in [-0.39, 0.29) is 5.41 Å². The van der Waals surface area contributed by atoms with E-state index in [0.717, 1.165) is 55.7 Å². The number of hydrogen-bond acceptors (Lipinski definition) is 4. The Bertz CT molecular complexity index is 3700. The summed E-state index contributed by atoms with van der Waals surface area (Å²) in [5, 5.41) is 5.04. The Morgan fingerprint density at radius 2 is 0.833 bits per heavy atom. The molecule has 314 valence electrons. The molecule has 0 radical (unpaired) electrons. The van der Waals surface area contributed by atoms with Crippen molar-refractivity contribution in [2.75, 3.05) is 0 Å². The minimum Gasteiger partial charge on any atom is -0.308 e. The highest BCUT2D eigenvalue weighted by molar-refractivity contribution is 7.27. The lowest BCUT2D eigenvalue weighted by Crippen LogP contribution is -2.10. The van der Waals surface area contributed by atoms with Crippen LogP contribution in [0.4, 0.5) is 0 Å². The Balaban J connectivity index is 1.19. The predicted octanol–water partition coefficient (Wildman–Crippen LogP) is 16.6. The van der Waals surface area contributed by atoms with Crippen molar-refractivity contribution in [3.8, 4) is 73.2 Å². The highest BCUT2D eigenvalue weighted by Gasteiger charge is 2.25. The molecule has 12 aromatic rings. The molecule has 4 nitrogen and oxygen atoms in total. The third-order valence-electron chi connectivity index (χ3n) is 12.8. The van der Waals surface area contributed by atoms with Crippen LogP contribution in [-0.2, 0) is 5.41 Å². The van der Waals surface area contributed by atoms with E-state index in [1.165, 1.54) is 47.6 Å². The molecule has 0 aliphatic heterocycles. The zero-order valence-electron chi connectivity index (χ0n) is 36.9. The van der Waals surface area contributed by atoms with Gasteiger partial charge < -0.3 is 4.57 Å². The number of benzene rings is 9. The summed E-state index contributed by atoms with van der Waals surface area (Å²) in [4.78, 5) is 15.6. The molecule has 3 heterocycles. The molecule has 0 amide bonds. The van der Waals surface area contributed by atoms with Gasteiger partial charge in [-0.1, -0.05) is 209 Å². The minimum atomic E-state index is -0.00616. The van der Waals surface area contributed by atoms with Crippen molar-refractivity contribution in [3.63, 3.8) is 0 Å². The van der Waals surface area contributed by atoms with E-state index in [4.69, 9.17) is 15.0 Å². The van der Waals surface area contributed by atoms with E-state index in [1.807, 2.05) is 47.7 Å². The van der Waals surface area contributed by atoms with Crippen molar-refractivity contribution in [2.24, 2.45) is 0 Å². The first-order chi connectivity index (χ1) is 32.4. The van der Waals surface area contributed by atoms with Crippen LogP contribution in [0, 0.1) is 0 Å². The zero-order chi connectivity index (χ0) is 44.4. The van der Waals surface area contributed by atoms with Crippen molar-refractivity contribution in [1.29, 1.82) is 0 Å². The number of nitrogens with zero attached hydrogens (tertiary/aromatic N) is 4. The second kappa shape index (κ2) is 15.9. The number of para-hydroxylation sites is 1. The largest absolute Gasteiger partial charge is 0.308 e. The third-order valence-corrected chi connectivity index (χ3v) is 14.1. The predicted molar refractivity (Wildman–Crippen MR) is 278 cm³/mol. The molecule has 12 rings (SSSR count). The van der Waals surface area contributed by atoms with Crippen molar-refractivity contribution in [3.05, 3.63) is 218 Å². The van der Waals surface area contributed by atoms with Gasteiger partial charge in [-0.3, -0.25) is 0 Å². The van der Waals surface area contributed by atoms with Gasteiger partial charge in [-0.2, -0.15) is 0 Å². The Morgan fingerprint density at radius 1 is 0.364 bits per heavy atom. The summed E-state index contributed by atoms with van der Waals surface area (Å²) < 4.78 is 5.12. The number of hydrogen-bond donors (Lipinski definition) is 0. The SMILES string of the molecule is CC(C)(C)c1ccc(-c2cc(-c3nc(-c4ccccc4)nc(-c4ccccc4)n3)cc(-c3ccccc3)c2-n2c3ccccc3c3c4sc5c(-c6ccccc6)cccc5c4ccc32)cc1. The average molecular weight is 865 g/mol. The average Bonchev–Trinajstić information content (AvgIpc) is 3.93. The molecule has 9 aromatic carbocycles. The van der Waals surface area contributed by atoms with E-state index in [2.05, 4.69) is 201 Å². The van der Waals surface area contributed by atoms with Gasteiger partial charge >= 0.3 is 0 Å². The zero-order valence-corrected chi connectivity index (χ0v) is 37.7. The fourth-order valence-electron chi connectivity index (χ4n) is 9.54. The first-order valence-corrected chi connectivity index (χ1v) is 23.3. The summed E-state index contributed by atoms with van der Waals surface area (Å²) in [6, 6.07) is 76.1. The van der Waals surface area contributed by atoms with Gasteiger partial charge in [0.2, 0.25) is 0 Å². The number of thiophene rings is 1. The van der Waals surface area contributed by atoms with Gasteiger partial charge in [0, 0.05) is 58.8 Å². The summed E-state index contributed by atoms with van der Waals surface area (Å²) in [5.74, 6) is 1.87. The molecule has 0 aliphatic rings. The van der Waals surface area contributed by atoms with Crippen LogP contribution in [0.25, 0.3) is 115 Å². The fraction of sp³-hybridized carbons (Fsp3) is 0.0656. The lowest BCUT2D eigenvalue weighted by atomic mass is 9.85. The van der Waals surface area contributed by atoms with Crippen LogP contribution in [0.3, 0.4) is 0 Å². The molecule has 0 N–H and O–H groups in total. The van der Waals surface area contributed by atoms with Crippen LogP contribution in [0.15, 0.2) is 212 Å². The standard InChI is InChI=1S/C61H44N4S/c1-61(2,3)45-33-31-41(32-34-45)51-38-44(60-63-58(42-23-12-6-13-24-42)62-59(64-60)43-25-14-7-15-26-43)37-50(40-21-10-5-11-22-40)55(51)65-52-30-17-16-27-49(52)54-53(65)36-35-48-47-29-18-28-46(56(47)66-57(48)54)39-19-8-4-9-20-39/h4-38H,1-3H3. The summed E-state index contributed by atoms with van der Waals surface area (Å²) in [7, 11) is 0. The van der Waals surface area contributed by atoms with Crippen LogP contribution in [0.1, 0.15) is 26.3 Å². The van der Waals surface area contributed by atoms with E-state index in [1.54, 1.807) is 0 Å². The first kappa shape index (κ1) is 39.6. The Kier molecular flexibility index (Phi) is 9.55. The summed E-state index contributed by atoms with van der Waals surface area (Å²) in [5.41, 5.74) is 14.3. The minimum absolute atomic E-state index is 0.00616. The topological polar surface area (TPSA) is 43.6 Å². The van der Waals surface area contributed by atoms with Crippen molar-refractivity contribution >= 4 is 53.3 Å². The highest BCUT2D eigenvalue weighted by atomic mass is 32.1. The first-order valence-electron chi connectivity index (χ1n) is 22.5. The van der Waals surface area contributed by atoms with Crippen LogP contribution >= 0.6 is 11.3 Å². The normalized spacial score (nSPS) is 11.9. The van der Waals surface area contributed by atoms with Crippen molar-refractivity contribution in [2.45, 2.75) is 26.2 Å². The molecule has 0 aliphatic carbocycles. The van der Waals surface area contributed by atoms with Gasteiger partial charge in [0.25, 0.3) is 0 Å². The lowest BCUT2D eigenvalue weighted by Gasteiger charge is -2.22. The third kappa shape index (κ3) is 6.79. The smallest absolute Gasteiger partial charge is 0.164 e. The number of aromatic nitrogens is 4. The molecule has 0 saturated heterocycles. The summed E-state index contributed by atoms with van der Waals surface area (Å²) in [6.07, 6.45) is 0. The fourth-order valence-corrected chi connectivity index (χ4v) is 10.9. The highest BCUT2D eigenvalue weighted by Crippen LogP contribution is 2.49. The Labute approximate surface area is 388 Å². The lowest BCUT2D eigenvalue weighted by molar-refractivity contribution is 0.590. The van der Waals surface area contributed by atoms with Crippen molar-refractivity contribution < 1.29 is 0 Å². The maximum absolute atomic E-state index is 5.26. The molecule has 0 fully saturated rings. The number of rotatable bonds is 7. The second-order valence-electron chi connectivity index (χ2n) is 18.0. The van der Waals surface area contributed by atoms with E-state index in [0.29, 0.717) is 17.5 Å². The Hall–Kier alpha value is -7.99. The maximum atomic E-state index is 5.26. The van der Waals surface area contributed by atoms with Gasteiger partial charge in [-0.25, -0.2) is 15.0 Å². The number of fused-ring (bicyclic) bond motifs is 7. The molecule has 0 unspecified atom stereocenters. The van der Waals surface area contributed by atoms with Gasteiger partial charge in [-0.05, 0) is 57.5 Å². The monoisotopic (exact) mass is 864 g/mol. The van der Waals surface area contributed by atoms with Gasteiger partial charge in [-0.15, -0.1) is 11.3 Å². The molecule has 66 heavy (non-hydrogen) atoms. The summed E-state index contributed by atoms with van der Waals surface area (Å²) >= 11 is 1.90. The van der Waals surface area contributed by atoms with Gasteiger partial charge in [0.05, 0.1) is 16.7 Å². The molecule has 0 spiro atoms. The molecular weight excluding hydrogens is 821 g/mol. The molecule has 3 aromatic heterocycles. The summed E-state index contributed by atoms with van der Waals surface area (Å²) in [6.45, 7) is 6.81. The van der Waals surface area contributed by atoms with E-state index < -0.39 is 0 Å². The molecular formula is C61H44N4S. The van der Waals surface area contributed by atoms with Crippen LogP contribution < -0.4 is 0 Å². The van der Waals surface area contributed by atoms with E-state index in [9.17, 15) is 0 Å². The molecule has 0 saturated carbocycles. The van der Waals surface area contributed by atoms with Gasteiger partial charge in [0.1, 0.15) is 0 Å². The van der Waals surface area contributed by atoms with Crippen LogP contribution in [0.5, 0.6) is 0 Å². The Morgan fingerprint density at radius 3 is 1.41 bits per heavy atom. The second-order valence-corrected chi connectivity index (χ2v) is 19.0. The molecule has 0 atom stereocenters. The quantitative estimate of drug-likeness (QED) is 0.160. The molecule has 5 heteroatoms. The van der Waals surface area contributed by atoms with Crippen molar-refractivity contribution in [1.82, 2.24) is 19.5 Å². The molecule has 0 bridgehead atoms. The van der Waals surface area contributed by atoms with Gasteiger partial charge in [0.15, 0.2) is 17.5 Å².